The molecule has 2 saturated carbocycles. The van der Waals surface area contributed by atoms with Gasteiger partial charge in [0.15, 0.2) is 0 Å². The molecule has 2 aliphatic carbocycles. The molecule has 4 nitrogen and oxygen atoms in total. The van der Waals surface area contributed by atoms with E-state index in [-0.39, 0.29) is 11.5 Å². The van der Waals surface area contributed by atoms with Crippen LogP contribution in [-0.4, -0.2) is 37.1 Å². The summed E-state index contributed by atoms with van der Waals surface area (Å²) >= 11 is 0. The van der Waals surface area contributed by atoms with Gasteiger partial charge in [-0.1, -0.05) is 25.0 Å². The lowest BCUT2D eigenvalue weighted by atomic mass is 10.1. The summed E-state index contributed by atoms with van der Waals surface area (Å²) in [6, 6.07) is 6.61. The molecule has 7 heteroatoms. The van der Waals surface area contributed by atoms with Gasteiger partial charge < -0.3 is 4.90 Å². The summed E-state index contributed by atoms with van der Waals surface area (Å²) in [5.41, 5.74) is 0.762. The number of carbonyl (C=O) groups excluding carboxylic acids is 1. The molecule has 2 fully saturated rings. The molecule has 1 amide bonds. The van der Waals surface area contributed by atoms with Crippen molar-refractivity contribution in [2.45, 2.75) is 62.1 Å². The first-order chi connectivity index (χ1) is 11.4. The summed E-state index contributed by atoms with van der Waals surface area (Å²) in [6.45, 7) is 0. The van der Waals surface area contributed by atoms with E-state index in [9.17, 15) is 22.0 Å². The molecular formula is C17H21F2NO3S. The van der Waals surface area contributed by atoms with Crippen LogP contribution < -0.4 is 0 Å². The van der Waals surface area contributed by atoms with Crippen molar-refractivity contribution in [3.63, 3.8) is 0 Å². The predicted octanol–water partition coefficient (Wildman–Crippen LogP) is 3.37. The number of sulfone groups is 1. The molecule has 2 aliphatic rings. The molecule has 3 rings (SSSR count). The van der Waals surface area contributed by atoms with Gasteiger partial charge in [-0.15, -0.1) is 0 Å². The Bertz CT molecular complexity index is 693. The van der Waals surface area contributed by atoms with Gasteiger partial charge in [0.05, 0.1) is 5.75 Å². The van der Waals surface area contributed by atoms with E-state index in [4.69, 9.17) is 0 Å². The maximum Gasteiger partial charge on any atom is 0.337 e. The van der Waals surface area contributed by atoms with Crippen molar-refractivity contribution in [3.05, 3.63) is 35.4 Å². The Balaban J connectivity index is 1.73. The third-order valence-electron chi connectivity index (χ3n) is 4.73. The van der Waals surface area contributed by atoms with Crippen LogP contribution in [0.2, 0.25) is 0 Å². The number of hydrogen-bond acceptors (Lipinski definition) is 3. The second kappa shape index (κ2) is 6.78. The van der Waals surface area contributed by atoms with Crippen molar-refractivity contribution in [2.75, 3.05) is 0 Å². The Labute approximate surface area is 140 Å². The molecule has 0 unspecified atom stereocenters. The fourth-order valence-electron chi connectivity index (χ4n) is 3.35. The maximum absolute atomic E-state index is 12.8. The highest BCUT2D eigenvalue weighted by molar-refractivity contribution is 7.90. The standard InChI is InChI=1S/C17H21F2NO3S/c18-17(19)24(22,23)11-12-5-7-13(8-6-12)16(21)20(15-9-10-15)14-3-1-2-4-14/h5-8,14-15,17H,1-4,9-11H2. The largest absolute Gasteiger partial charge is 0.337 e. The van der Waals surface area contributed by atoms with E-state index in [0.29, 0.717) is 17.6 Å². The topological polar surface area (TPSA) is 54.5 Å². The van der Waals surface area contributed by atoms with E-state index in [2.05, 4.69) is 0 Å². The fraction of sp³-hybridized carbons (Fsp3) is 0.588. The molecule has 0 spiro atoms. The van der Waals surface area contributed by atoms with Gasteiger partial charge in [-0.2, -0.15) is 8.78 Å². The number of hydrogen-bond donors (Lipinski definition) is 0. The van der Waals surface area contributed by atoms with Crippen molar-refractivity contribution >= 4 is 15.7 Å². The Morgan fingerprint density at radius 2 is 1.58 bits per heavy atom. The molecular weight excluding hydrogens is 336 g/mol. The molecule has 1 aromatic rings. The first-order valence-electron chi connectivity index (χ1n) is 8.30. The van der Waals surface area contributed by atoms with Gasteiger partial charge in [-0.05, 0) is 43.4 Å². The van der Waals surface area contributed by atoms with E-state index < -0.39 is 21.3 Å². The van der Waals surface area contributed by atoms with Gasteiger partial charge in [0.1, 0.15) is 0 Å². The number of carbonyl (C=O) groups is 1. The van der Waals surface area contributed by atoms with Crippen LogP contribution in [0.1, 0.15) is 54.4 Å². The zero-order valence-electron chi connectivity index (χ0n) is 13.3. The van der Waals surface area contributed by atoms with E-state index >= 15 is 0 Å². The number of nitrogens with zero attached hydrogens (tertiary/aromatic N) is 1. The Kier molecular flexibility index (Phi) is 4.90. The lowest BCUT2D eigenvalue weighted by molar-refractivity contribution is 0.0664. The molecule has 0 radical (unpaired) electrons. The van der Waals surface area contributed by atoms with Crippen LogP contribution in [0.15, 0.2) is 24.3 Å². The molecule has 0 N–H and O–H groups in total. The first kappa shape index (κ1) is 17.3. The molecule has 0 aromatic heterocycles. The lowest BCUT2D eigenvalue weighted by Crippen LogP contribution is -2.40. The van der Waals surface area contributed by atoms with Crippen LogP contribution in [0.3, 0.4) is 0 Å². The Hall–Kier alpha value is -1.50. The van der Waals surface area contributed by atoms with Crippen molar-refractivity contribution in [3.8, 4) is 0 Å². The normalized spacial score (nSPS) is 19.0. The van der Waals surface area contributed by atoms with E-state index in [0.717, 1.165) is 38.5 Å². The Morgan fingerprint density at radius 3 is 2.08 bits per heavy atom. The zero-order chi connectivity index (χ0) is 17.3. The second-order valence-electron chi connectivity index (χ2n) is 6.65. The van der Waals surface area contributed by atoms with Crippen molar-refractivity contribution in [1.29, 1.82) is 0 Å². The monoisotopic (exact) mass is 357 g/mol. The highest BCUT2D eigenvalue weighted by atomic mass is 32.2. The fourth-order valence-corrected chi connectivity index (χ4v) is 4.14. The summed E-state index contributed by atoms with van der Waals surface area (Å²) in [7, 11) is -4.45. The SMILES string of the molecule is O=C(c1ccc(CS(=O)(=O)C(F)F)cc1)N(C1CCCC1)C1CC1. The van der Waals surface area contributed by atoms with Crippen LogP contribution >= 0.6 is 0 Å². The van der Waals surface area contributed by atoms with E-state index in [1.807, 2.05) is 4.90 Å². The molecule has 132 valence electrons. The predicted molar refractivity (Wildman–Crippen MR) is 86.5 cm³/mol. The van der Waals surface area contributed by atoms with Gasteiger partial charge in [0, 0.05) is 17.6 Å². The minimum atomic E-state index is -4.45. The van der Waals surface area contributed by atoms with E-state index in [1.165, 1.54) is 12.1 Å². The summed E-state index contributed by atoms with van der Waals surface area (Å²) in [6.07, 6.45) is 6.43. The lowest BCUT2D eigenvalue weighted by Gasteiger charge is -2.29. The number of amides is 1. The van der Waals surface area contributed by atoms with Crippen LogP contribution in [0.4, 0.5) is 8.78 Å². The minimum Gasteiger partial charge on any atom is -0.333 e. The van der Waals surface area contributed by atoms with Gasteiger partial charge in [0.25, 0.3) is 5.91 Å². The van der Waals surface area contributed by atoms with Crippen LogP contribution in [0, 0.1) is 0 Å². The molecule has 24 heavy (non-hydrogen) atoms. The maximum atomic E-state index is 12.8. The average Bonchev–Trinajstić information content (AvgIpc) is 3.21. The van der Waals surface area contributed by atoms with Crippen LogP contribution in [0.25, 0.3) is 0 Å². The molecule has 1 aromatic carbocycles. The molecule has 0 aliphatic heterocycles. The van der Waals surface area contributed by atoms with Gasteiger partial charge in [-0.25, -0.2) is 8.42 Å². The quantitative estimate of drug-likeness (QED) is 0.784. The molecule has 0 atom stereocenters. The minimum absolute atomic E-state index is 0.0346. The van der Waals surface area contributed by atoms with Gasteiger partial charge >= 0.3 is 5.76 Å². The third-order valence-corrected chi connectivity index (χ3v) is 6.01. The molecule has 0 saturated heterocycles. The summed E-state index contributed by atoms with van der Waals surface area (Å²) in [5.74, 6) is -4.13. The molecule has 0 bridgehead atoms. The van der Waals surface area contributed by atoms with Crippen LogP contribution in [-0.2, 0) is 15.6 Å². The number of rotatable bonds is 6. The summed E-state index contributed by atoms with van der Waals surface area (Å²) < 4.78 is 47.4. The Morgan fingerprint density at radius 1 is 1.04 bits per heavy atom. The van der Waals surface area contributed by atoms with Crippen LogP contribution in [0.5, 0.6) is 0 Å². The zero-order valence-corrected chi connectivity index (χ0v) is 14.1. The van der Waals surface area contributed by atoms with Crippen molar-refractivity contribution in [1.82, 2.24) is 4.90 Å². The van der Waals surface area contributed by atoms with Gasteiger partial charge in [-0.3, -0.25) is 4.79 Å². The summed E-state index contributed by atoms with van der Waals surface area (Å²) in [4.78, 5) is 14.8. The highest BCUT2D eigenvalue weighted by Gasteiger charge is 2.38. The van der Waals surface area contributed by atoms with Crippen molar-refractivity contribution < 1.29 is 22.0 Å². The first-order valence-corrected chi connectivity index (χ1v) is 10.0. The second-order valence-corrected chi connectivity index (χ2v) is 8.62. The number of halogens is 2. The average molecular weight is 357 g/mol. The van der Waals surface area contributed by atoms with Crippen molar-refractivity contribution in [2.24, 2.45) is 0 Å². The third kappa shape index (κ3) is 3.77. The number of benzene rings is 1. The molecule has 0 heterocycles. The number of alkyl halides is 2. The van der Waals surface area contributed by atoms with Gasteiger partial charge in [0.2, 0.25) is 9.84 Å². The summed E-state index contributed by atoms with van der Waals surface area (Å²) in [5, 5.41) is 0. The highest BCUT2D eigenvalue weighted by Crippen LogP contribution is 2.35. The smallest absolute Gasteiger partial charge is 0.333 e. The van der Waals surface area contributed by atoms with E-state index in [1.54, 1.807) is 12.1 Å².